The monoisotopic (exact) mass is 297 g/mol. The zero-order valence-corrected chi connectivity index (χ0v) is 12.2. The summed E-state index contributed by atoms with van der Waals surface area (Å²) >= 11 is 0. The van der Waals surface area contributed by atoms with Gasteiger partial charge in [-0.05, 0) is 24.3 Å². The van der Waals surface area contributed by atoms with E-state index in [0.29, 0.717) is 28.5 Å². The molecule has 0 saturated carbocycles. The Bertz CT molecular complexity index is 826. The van der Waals surface area contributed by atoms with E-state index in [4.69, 9.17) is 9.47 Å². The number of fused-ring (bicyclic) bond motifs is 1. The molecule has 0 atom stereocenters. The smallest absolute Gasteiger partial charge is 0.272 e. The van der Waals surface area contributed by atoms with Crippen molar-refractivity contribution in [1.82, 2.24) is 9.38 Å². The molecule has 0 spiro atoms. The highest BCUT2D eigenvalue weighted by atomic mass is 16.5. The predicted molar refractivity (Wildman–Crippen MR) is 82.7 cm³/mol. The van der Waals surface area contributed by atoms with Crippen molar-refractivity contribution in [1.29, 1.82) is 0 Å². The lowest BCUT2D eigenvalue weighted by Gasteiger charge is -2.12. The Hall–Kier alpha value is -3.02. The Morgan fingerprint density at radius 1 is 1.18 bits per heavy atom. The molecule has 3 rings (SSSR count). The van der Waals surface area contributed by atoms with Crippen LogP contribution in [-0.2, 0) is 0 Å². The summed E-state index contributed by atoms with van der Waals surface area (Å²) in [7, 11) is 3.12. The molecule has 0 saturated heterocycles. The quantitative estimate of drug-likeness (QED) is 0.804. The van der Waals surface area contributed by atoms with Crippen molar-refractivity contribution in [2.24, 2.45) is 0 Å². The van der Waals surface area contributed by atoms with Gasteiger partial charge in [-0.2, -0.15) is 0 Å². The van der Waals surface area contributed by atoms with Gasteiger partial charge in [0.1, 0.15) is 22.8 Å². The molecule has 6 nitrogen and oxygen atoms in total. The second-order valence-corrected chi connectivity index (χ2v) is 4.59. The van der Waals surface area contributed by atoms with Gasteiger partial charge in [-0.3, -0.25) is 9.20 Å². The molecule has 0 aliphatic rings. The highest BCUT2D eigenvalue weighted by molar-refractivity contribution is 6.04. The number of hydrogen-bond acceptors (Lipinski definition) is 4. The summed E-state index contributed by atoms with van der Waals surface area (Å²) in [6, 6.07) is 10.6. The lowest BCUT2D eigenvalue weighted by Crippen LogP contribution is -2.16. The van der Waals surface area contributed by atoms with Crippen LogP contribution in [0.4, 0.5) is 5.69 Å². The Morgan fingerprint density at radius 3 is 2.82 bits per heavy atom. The van der Waals surface area contributed by atoms with Gasteiger partial charge < -0.3 is 14.8 Å². The number of ether oxygens (including phenoxy) is 2. The van der Waals surface area contributed by atoms with E-state index in [1.54, 1.807) is 61.3 Å². The number of benzene rings is 1. The fourth-order valence-corrected chi connectivity index (χ4v) is 2.23. The van der Waals surface area contributed by atoms with Crippen LogP contribution in [0.3, 0.4) is 0 Å². The first-order valence-electron chi connectivity index (χ1n) is 6.68. The average Bonchev–Trinajstić information content (AvgIpc) is 3.03. The van der Waals surface area contributed by atoms with Crippen molar-refractivity contribution < 1.29 is 14.3 Å². The number of nitrogens with zero attached hydrogens (tertiary/aromatic N) is 2. The molecule has 2 heterocycles. The first-order valence-corrected chi connectivity index (χ1v) is 6.68. The van der Waals surface area contributed by atoms with Crippen LogP contribution in [0.15, 0.2) is 48.8 Å². The molecule has 1 aromatic carbocycles. The van der Waals surface area contributed by atoms with Gasteiger partial charge in [-0.15, -0.1) is 0 Å². The van der Waals surface area contributed by atoms with Crippen LogP contribution in [0.2, 0.25) is 0 Å². The summed E-state index contributed by atoms with van der Waals surface area (Å²) in [6.07, 6.45) is 3.39. The van der Waals surface area contributed by atoms with Gasteiger partial charge in [0.25, 0.3) is 5.91 Å². The Kier molecular flexibility index (Phi) is 3.65. The molecule has 0 fully saturated rings. The average molecular weight is 297 g/mol. The molecule has 0 bridgehead atoms. The number of methoxy groups -OCH3 is 2. The van der Waals surface area contributed by atoms with E-state index in [2.05, 4.69) is 10.3 Å². The second-order valence-electron chi connectivity index (χ2n) is 4.59. The maximum absolute atomic E-state index is 12.5. The number of rotatable bonds is 4. The zero-order chi connectivity index (χ0) is 15.5. The highest BCUT2D eigenvalue weighted by Gasteiger charge is 2.13. The van der Waals surface area contributed by atoms with Crippen molar-refractivity contribution in [3.05, 3.63) is 54.5 Å². The van der Waals surface area contributed by atoms with Crippen LogP contribution in [0.5, 0.6) is 11.5 Å². The number of carbonyl (C=O) groups excluding carboxylic acids is 1. The first kappa shape index (κ1) is 13.9. The summed E-state index contributed by atoms with van der Waals surface area (Å²) in [5.74, 6) is 0.944. The van der Waals surface area contributed by atoms with E-state index in [1.165, 1.54) is 0 Å². The number of pyridine rings is 1. The maximum Gasteiger partial charge on any atom is 0.272 e. The molecule has 112 valence electrons. The van der Waals surface area contributed by atoms with Gasteiger partial charge in [-0.1, -0.05) is 6.07 Å². The van der Waals surface area contributed by atoms with E-state index < -0.39 is 0 Å². The fraction of sp³-hybridized carbons (Fsp3) is 0.125. The molecule has 0 aliphatic carbocycles. The number of nitrogens with one attached hydrogen (secondary N) is 1. The van der Waals surface area contributed by atoms with Gasteiger partial charge >= 0.3 is 0 Å². The van der Waals surface area contributed by atoms with Crippen LogP contribution >= 0.6 is 0 Å². The topological polar surface area (TPSA) is 64.9 Å². The Morgan fingerprint density at radius 2 is 2.05 bits per heavy atom. The maximum atomic E-state index is 12.5. The minimum Gasteiger partial charge on any atom is -0.497 e. The molecule has 22 heavy (non-hydrogen) atoms. The first-order chi connectivity index (χ1) is 10.7. The molecule has 0 aliphatic heterocycles. The van der Waals surface area contributed by atoms with Crippen molar-refractivity contribution in [2.45, 2.75) is 0 Å². The number of amides is 1. The number of hydrogen-bond donors (Lipinski definition) is 1. The number of aromatic nitrogens is 2. The van der Waals surface area contributed by atoms with Crippen molar-refractivity contribution in [2.75, 3.05) is 19.5 Å². The number of imidazole rings is 1. The van der Waals surface area contributed by atoms with Crippen LogP contribution in [-0.4, -0.2) is 29.5 Å². The van der Waals surface area contributed by atoms with Gasteiger partial charge in [-0.25, -0.2) is 4.98 Å². The van der Waals surface area contributed by atoms with E-state index in [-0.39, 0.29) is 5.91 Å². The summed E-state index contributed by atoms with van der Waals surface area (Å²) in [5.41, 5.74) is 1.74. The van der Waals surface area contributed by atoms with Crippen molar-refractivity contribution in [3.8, 4) is 11.5 Å². The highest BCUT2D eigenvalue weighted by Crippen LogP contribution is 2.29. The summed E-state index contributed by atoms with van der Waals surface area (Å²) in [4.78, 5) is 16.7. The second kappa shape index (κ2) is 5.77. The number of anilines is 1. The molecule has 0 radical (unpaired) electrons. The molecule has 2 aromatic heterocycles. The van der Waals surface area contributed by atoms with Gasteiger partial charge in [0.05, 0.1) is 19.9 Å². The summed E-state index contributed by atoms with van der Waals surface area (Å²) < 4.78 is 12.2. The standard InChI is InChI=1S/C16H15N3O3/c1-21-11-6-7-14(22-2)12(10-11)18-16(20)13-4-3-5-15-17-8-9-19(13)15/h3-10H,1-2H3,(H,18,20). The van der Waals surface area contributed by atoms with Gasteiger partial charge in [0, 0.05) is 18.5 Å². The predicted octanol–water partition coefficient (Wildman–Crippen LogP) is 2.60. The largest absolute Gasteiger partial charge is 0.497 e. The minimum atomic E-state index is -0.254. The van der Waals surface area contributed by atoms with Crippen LogP contribution in [0.25, 0.3) is 5.65 Å². The molecular formula is C16H15N3O3. The van der Waals surface area contributed by atoms with Crippen molar-refractivity contribution >= 4 is 17.2 Å². The van der Waals surface area contributed by atoms with Gasteiger partial charge in [0.2, 0.25) is 0 Å². The lowest BCUT2D eigenvalue weighted by atomic mass is 10.2. The normalized spacial score (nSPS) is 10.5. The molecular weight excluding hydrogens is 282 g/mol. The fourth-order valence-electron chi connectivity index (χ4n) is 2.23. The van der Waals surface area contributed by atoms with E-state index in [9.17, 15) is 4.79 Å². The molecule has 1 amide bonds. The van der Waals surface area contributed by atoms with Gasteiger partial charge in [0.15, 0.2) is 0 Å². The molecule has 0 unspecified atom stereocenters. The van der Waals surface area contributed by atoms with Crippen molar-refractivity contribution in [3.63, 3.8) is 0 Å². The third-order valence-electron chi connectivity index (χ3n) is 3.32. The van der Waals surface area contributed by atoms with E-state index in [1.807, 2.05) is 6.07 Å². The Labute approximate surface area is 127 Å². The Balaban J connectivity index is 1.96. The zero-order valence-electron chi connectivity index (χ0n) is 12.2. The van der Waals surface area contributed by atoms with Crippen LogP contribution < -0.4 is 14.8 Å². The SMILES string of the molecule is COc1ccc(OC)c(NC(=O)c2cccc3nccn23)c1. The molecule has 1 N–H and O–H groups in total. The lowest BCUT2D eigenvalue weighted by molar-refractivity contribution is 0.102. The van der Waals surface area contributed by atoms with E-state index >= 15 is 0 Å². The minimum absolute atomic E-state index is 0.254. The molecule has 3 aromatic rings. The summed E-state index contributed by atoms with van der Waals surface area (Å²) in [6.45, 7) is 0. The van der Waals surface area contributed by atoms with Crippen LogP contribution in [0, 0.1) is 0 Å². The summed E-state index contributed by atoms with van der Waals surface area (Å²) in [5, 5.41) is 2.84. The number of carbonyl (C=O) groups is 1. The third kappa shape index (κ3) is 2.46. The third-order valence-corrected chi connectivity index (χ3v) is 3.32. The van der Waals surface area contributed by atoms with E-state index in [0.717, 1.165) is 0 Å². The molecule has 6 heteroatoms. The van der Waals surface area contributed by atoms with Crippen LogP contribution in [0.1, 0.15) is 10.5 Å².